The van der Waals surface area contributed by atoms with Crippen LogP contribution in [-0.4, -0.2) is 17.9 Å². The van der Waals surface area contributed by atoms with Crippen molar-refractivity contribution in [1.82, 2.24) is 4.68 Å². The van der Waals surface area contributed by atoms with Gasteiger partial charge in [0.2, 0.25) is 4.80 Å². The molecule has 0 aliphatic heterocycles. The van der Waals surface area contributed by atoms with Gasteiger partial charge in [0.25, 0.3) is 0 Å². The number of aromatic nitrogens is 1. The zero-order valence-corrected chi connectivity index (χ0v) is 12.8. The maximum atomic E-state index is 13.7. The number of benzene rings is 2. The minimum atomic E-state index is -0.293. The summed E-state index contributed by atoms with van der Waals surface area (Å²) in [6.07, 6.45) is 1.52. The fourth-order valence-electron chi connectivity index (χ4n) is 2.07. The molecule has 22 heavy (non-hydrogen) atoms. The lowest BCUT2D eigenvalue weighted by Crippen LogP contribution is -2.11. The van der Waals surface area contributed by atoms with Gasteiger partial charge in [-0.2, -0.15) is 5.10 Å². The highest BCUT2D eigenvalue weighted by Gasteiger charge is 2.06. The van der Waals surface area contributed by atoms with Crippen molar-refractivity contribution in [2.75, 3.05) is 7.05 Å². The Morgan fingerprint density at radius 2 is 1.77 bits per heavy atom. The minimum Gasteiger partial charge on any atom is -0.261 e. The molecule has 0 amide bonds. The summed E-state index contributed by atoms with van der Waals surface area (Å²) in [5.74, 6) is -0.293. The van der Waals surface area contributed by atoms with Gasteiger partial charge in [-0.25, -0.2) is 9.07 Å². The van der Waals surface area contributed by atoms with E-state index >= 15 is 0 Å². The third-order valence-corrected chi connectivity index (χ3v) is 4.07. The monoisotopic (exact) mass is 311 g/mol. The van der Waals surface area contributed by atoms with Crippen molar-refractivity contribution in [1.29, 1.82) is 0 Å². The number of thiazole rings is 1. The molecule has 5 heteroatoms. The zero-order valence-electron chi connectivity index (χ0n) is 12.0. The van der Waals surface area contributed by atoms with Crippen LogP contribution in [0.25, 0.3) is 11.3 Å². The molecule has 0 spiro atoms. The van der Waals surface area contributed by atoms with Crippen molar-refractivity contribution in [3.63, 3.8) is 0 Å². The van der Waals surface area contributed by atoms with Crippen molar-refractivity contribution < 1.29 is 4.39 Å². The molecule has 0 atom stereocenters. The van der Waals surface area contributed by atoms with E-state index in [0.29, 0.717) is 5.56 Å². The predicted molar refractivity (Wildman–Crippen MR) is 88.6 cm³/mol. The van der Waals surface area contributed by atoms with Gasteiger partial charge in [0.1, 0.15) is 5.82 Å². The fraction of sp³-hybridized carbons (Fsp3) is 0.0588. The molecular formula is C17H14FN3S. The highest BCUT2D eigenvalue weighted by atomic mass is 32.1. The lowest BCUT2D eigenvalue weighted by molar-refractivity contribution is 0.625. The van der Waals surface area contributed by atoms with Crippen LogP contribution >= 0.6 is 11.3 Å². The van der Waals surface area contributed by atoms with Crippen LogP contribution in [0.15, 0.2) is 70.1 Å². The Morgan fingerprint density at radius 3 is 2.50 bits per heavy atom. The van der Waals surface area contributed by atoms with Crippen molar-refractivity contribution in [2.24, 2.45) is 10.1 Å². The average molecular weight is 311 g/mol. The molecule has 2 aromatic carbocycles. The molecular weight excluding hydrogens is 297 g/mol. The molecule has 3 aromatic rings. The Hall–Kier alpha value is -2.53. The van der Waals surface area contributed by atoms with Gasteiger partial charge in [-0.05, 0) is 6.07 Å². The van der Waals surface area contributed by atoms with E-state index in [9.17, 15) is 4.39 Å². The summed E-state index contributed by atoms with van der Waals surface area (Å²) in [5.41, 5.74) is 2.42. The van der Waals surface area contributed by atoms with Gasteiger partial charge < -0.3 is 0 Å². The predicted octanol–water partition coefficient (Wildman–Crippen LogP) is 3.77. The summed E-state index contributed by atoms with van der Waals surface area (Å²) < 4.78 is 15.4. The van der Waals surface area contributed by atoms with E-state index in [1.165, 1.54) is 23.6 Å². The third-order valence-electron chi connectivity index (χ3n) is 3.16. The van der Waals surface area contributed by atoms with Crippen LogP contribution in [0.3, 0.4) is 0 Å². The molecule has 0 saturated heterocycles. The van der Waals surface area contributed by atoms with Crippen LogP contribution < -0.4 is 4.80 Å². The molecule has 0 fully saturated rings. The molecule has 3 nitrogen and oxygen atoms in total. The maximum absolute atomic E-state index is 13.7. The standard InChI is InChI=1S/C17H14FN3S/c1-19-17-21(20-11-14-9-5-6-10-15(14)18)16(12-22-17)13-7-3-2-4-8-13/h2-12H,1H3/b19-17?,20-11-. The van der Waals surface area contributed by atoms with Crippen molar-refractivity contribution in [2.45, 2.75) is 0 Å². The van der Waals surface area contributed by atoms with E-state index in [-0.39, 0.29) is 5.82 Å². The van der Waals surface area contributed by atoms with Crippen LogP contribution in [0.2, 0.25) is 0 Å². The molecule has 3 rings (SSSR count). The lowest BCUT2D eigenvalue weighted by atomic mass is 10.2. The largest absolute Gasteiger partial charge is 0.261 e. The molecule has 1 heterocycles. The Bertz CT molecular complexity index is 863. The van der Waals surface area contributed by atoms with Crippen LogP contribution in [-0.2, 0) is 0 Å². The van der Waals surface area contributed by atoms with Gasteiger partial charge in [0.05, 0.1) is 11.9 Å². The quantitative estimate of drug-likeness (QED) is 0.659. The summed E-state index contributed by atoms with van der Waals surface area (Å²) in [5, 5.41) is 6.41. The first kappa shape index (κ1) is 14.4. The van der Waals surface area contributed by atoms with E-state index < -0.39 is 0 Å². The molecule has 0 N–H and O–H groups in total. The molecule has 1 aromatic heterocycles. The van der Waals surface area contributed by atoms with Crippen LogP contribution in [0.5, 0.6) is 0 Å². The molecule has 0 aliphatic rings. The van der Waals surface area contributed by atoms with Gasteiger partial charge in [0, 0.05) is 23.6 Å². The Kier molecular flexibility index (Phi) is 4.25. The number of halogens is 1. The van der Waals surface area contributed by atoms with Gasteiger partial charge in [0.15, 0.2) is 0 Å². The van der Waals surface area contributed by atoms with Gasteiger partial charge >= 0.3 is 0 Å². The second-order valence-corrected chi connectivity index (χ2v) is 5.41. The number of hydrogen-bond donors (Lipinski definition) is 0. The van der Waals surface area contributed by atoms with Gasteiger partial charge in [-0.3, -0.25) is 4.99 Å². The van der Waals surface area contributed by atoms with E-state index in [4.69, 9.17) is 0 Å². The van der Waals surface area contributed by atoms with Crippen LogP contribution in [0.4, 0.5) is 4.39 Å². The Morgan fingerprint density at radius 1 is 1.05 bits per heavy atom. The first-order valence-corrected chi connectivity index (χ1v) is 7.65. The van der Waals surface area contributed by atoms with E-state index in [1.54, 1.807) is 29.9 Å². The summed E-state index contributed by atoms with van der Waals surface area (Å²) in [7, 11) is 1.72. The average Bonchev–Trinajstić information content (AvgIpc) is 2.98. The van der Waals surface area contributed by atoms with E-state index in [1.807, 2.05) is 35.7 Å². The summed E-state index contributed by atoms with van der Waals surface area (Å²) in [6.45, 7) is 0. The van der Waals surface area contributed by atoms with Crippen molar-refractivity contribution in [3.05, 3.63) is 76.2 Å². The molecule has 0 aliphatic carbocycles. The molecule has 0 radical (unpaired) electrons. The smallest absolute Gasteiger partial charge is 0.205 e. The van der Waals surface area contributed by atoms with Gasteiger partial charge in [-0.15, -0.1) is 11.3 Å². The van der Waals surface area contributed by atoms with Gasteiger partial charge in [-0.1, -0.05) is 48.5 Å². The first-order valence-electron chi connectivity index (χ1n) is 6.77. The topological polar surface area (TPSA) is 29.6 Å². The van der Waals surface area contributed by atoms with E-state index in [2.05, 4.69) is 10.1 Å². The van der Waals surface area contributed by atoms with Crippen molar-refractivity contribution in [3.8, 4) is 11.3 Å². The first-order chi connectivity index (χ1) is 10.8. The lowest BCUT2D eigenvalue weighted by Gasteiger charge is -2.03. The number of nitrogens with zero attached hydrogens (tertiary/aromatic N) is 3. The second kappa shape index (κ2) is 6.49. The molecule has 110 valence electrons. The summed E-state index contributed by atoms with van der Waals surface area (Å²) >= 11 is 1.50. The maximum Gasteiger partial charge on any atom is 0.205 e. The van der Waals surface area contributed by atoms with Crippen molar-refractivity contribution >= 4 is 17.6 Å². The molecule has 0 bridgehead atoms. The number of rotatable bonds is 3. The zero-order chi connectivity index (χ0) is 15.4. The SMILES string of the molecule is CN=c1scc(-c2ccccc2)n1/N=C\c1ccccc1F. The van der Waals surface area contributed by atoms with Crippen LogP contribution in [0.1, 0.15) is 5.56 Å². The molecule has 0 unspecified atom stereocenters. The highest BCUT2D eigenvalue weighted by Crippen LogP contribution is 2.19. The molecule has 0 saturated carbocycles. The normalized spacial score (nSPS) is 12.2. The van der Waals surface area contributed by atoms with E-state index in [0.717, 1.165) is 16.1 Å². The Balaban J connectivity index is 2.07. The minimum absolute atomic E-state index is 0.293. The third kappa shape index (κ3) is 2.89. The summed E-state index contributed by atoms with van der Waals surface area (Å²) in [6, 6.07) is 16.5. The highest BCUT2D eigenvalue weighted by molar-refractivity contribution is 7.07. The fourth-order valence-corrected chi connectivity index (χ4v) is 2.87. The summed E-state index contributed by atoms with van der Waals surface area (Å²) in [4.78, 5) is 4.98. The second-order valence-electron chi connectivity index (χ2n) is 4.57. The Labute approximate surface area is 131 Å². The number of hydrogen-bond acceptors (Lipinski definition) is 3. The van der Waals surface area contributed by atoms with Crippen LogP contribution in [0, 0.1) is 5.82 Å².